The molecule has 3 rings (SSSR count). The number of fused-ring (bicyclic) bond motifs is 1. The second kappa shape index (κ2) is 4.63. The van der Waals surface area contributed by atoms with Crippen molar-refractivity contribution in [3.8, 4) is 0 Å². The molecule has 3 nitrogen and oxygen atoms in total. The van der Waals surface area contributed by atoms with Gasteiger partial charge in [-0.2, -0.15) is 4.37 Å². The monoisotopic (exact) mass is 247 g/mol. The van der Waals surface area contributed by atoms with Crippen molar-refractivity contribution in [2.75, 3.05) is 31.6 Å². The van der Waals surface area contributed by atoms with E-state index < -0.39 is 0 Å². The van der Waals surface area contributed by atoms with Crippen molar-refractivity contribution in [1.29, 1.82) is 0 Å². The van der Waals surface area contributed by atoms with Crippen LogP contribution < -0.4 is 10.2 Å². The minimum Gasteiger partial charge on any atom is -0.358 e. The smallest absolute Gasteiger partial charge is 0.149 e. The molecule has 1 aliphatic heterocycles. The standard InChI is InChI=1S/C13H17N3S/c1-16(9-10-6-7-14-8-10)13-11-4-2-3-5-12(11)17-15-13/h2-5,10,14H,6-9H2,1H3/t10-/m0/s1. The third-order valence-electron chi connectivity index (χ3n) is 3.41. The first kappa shape index (κ1) is 11.0. The highest BCUT2D eigenvalue weighted by atomic mass is 32.1. The average Bonchev–Trinajstić information content (AvgIpc) is 2.96. The Morgan fingerprint density at radius 2 is 2.35 bits per heavy atom. The summed E-state index contributed by atoms with van der Waals surface area (Å²) in [5.74, 6) is 1.90. The summed E-state index contributed by atoms with van der Waals surface area (Å²) in [6, 6.07) is 8.47. The van der Waals surface area contributed by atoms with Gasteiger partial charge in [-0.1, -0.05) is 12.1 Å². The van der Waals surface area contributed by atoms with Crippen LogP contribution in [-0.2, 0) is 0 Å². The lowest BCUT2D eigenvalue weighted by atomic mass is 10.1. The highest BCUT2D eigenvalue weighted by Gasteiger charge is 2.18. The quantitative estimate of drug-likeness (QED) is 0.902. The molecule has 0 spiro atoms. The van der Waals surface area contributed by atoms with E-state index in [0.717, 1.165) is 31.4 Å². The zero-order valence-electron chi connectivity index (χ0n) is 10.0. The van der Waals surface area contributed by atoms with E-state index in [2.05, 4.69) is 45.9 Å². The van der Waals surface area contributed by atoms with Crippen molar-refractivity contribution in [3.63, 3.8) is 0 Å². The zero-order chi connectivity index (χ0) is 11.7. The Kier molecular flexibility index (Phi) is 2.99. The van der Waals surface area contributed by atoms with Crippen LogP contribution in [0.1, 0.15) is 6.42 Å². The first-order valence-electron chi connectivity index (χ1n) is 6.11. The molecular formula is C13H17N3S. The molecule has 0 bridgehead atoms. The van der Waals surface area contributed by atoms with Gasteiger partial charge in [0.15, 0.2) is 0 Å². The molecule has 17 heavy (non-hydrogen) atoms. The predicted octanol–water partition coefficient (Wildman–Crippen LogP) is 2.34. The molecule has 4 heteroatoms. The molecule has 0 radical (unpaired) electrons. The van der Waals surface area contributed by atoms with E-state index >= 15 is 0 Å². The van der Waals surface area contributed by atoms with E-state index in [0.29, 0.717) is 0 Å². The molecule has 1 fully saturated rings. The normalized spacial score (nSPS) is 19.9. The van der Waals surface area contributed by atoms with Crippen LogP contribution in [0.3, 0.4) is 0 Å². The molecule has 2 heterocycles. The lowest BCUT2D eigenvalue weighted by Crippen LogP contribution is -2.27. The Bertz CT molecular complexity index is 502. The summed E-state index contributed by atoms with van der Waals surface area (Å²) >= 11 is 1.59. The van der Waals surface area contributed by atoms with Gasteiger partial charge in [0.25, 0.3) is 0 Å². The van der Waals surface area contributed by atoms with Crippen molar-refractivity contribution in [2.24, 2.45) is 5.92 Å². The third kappa shape index (κ3) is 2.15. The number of benzene rings is 1. The van der Waals surface area contributed by atoms with Crippen LogP contribution in [0.2, 0.25) is 0 Å². The minimum absolute atomic E-state index is 0.764. The van der Waals surface area contributed by atoms with Gasteiger partial charge in [0, 0.05) is 19.0 Å². The van der Waals surface area contributed by atoms with Crippen LogP contribution in [0.5, 0.6) is 0 Å². The van der Waals surface area contributed by atoms with Crippen LogP contribution in [0.15, 0.2) is 24.3 Å². The molecule has 0 unspecified atom stereocenters. The van der Waals surface area contributed by atoms with Gasteiger partial charge in [-0.25, -0.2) is 0 Å². The molecular weight excluding hydrogens is 230 g/mol. The van der Waals surface area contributed by atoms with Gasteiger partial charge in [-0.15, -0.1) is 0 Å². The Morgan fingerprint density at radius 1 is 1.47 bits per heavy atom. The highest BCUT2D eigenvalue weighted by Crippen LogP contribution is 2.29. The molecule has 1 N–H and O–H groups in total. The van der Waals surface area contributed by atoms with E-state index in [1.165, 1.54) is 16.5 Å². The minimum atomic E-state index is 0.764. The Labute approximate surface area is 106 Å². The summed E-state index contributed by atoms with van der Waals surface area (Å²) in [6.07, 6.45) is 1.28. The first-order valence-corrected chi connectivity index (χ1v) is 6.88. The molecule has 90 valence electrons. The van der Waals surface area contributed by atoms with E-state index in [1.807, 2.05) is 0 Å². The van der Waals surface area contributed by atoms with Crippen LogP contribution in [0.25, 0.3) is 10.1 Å². The molecule has 1 aromatic heterocycles. The summed E-state index contributed by atoms with van der Waals surface area (Å²) in [6.45, 7) is 3.41. The Morgan fingerprint density at radius 3 is 3.18 bits per heavy atom. The number of nitrogens with one attached hydrogen (secondary N) is 1. The van der Waals surface area contributed by atoms with Gasteiger partial charge >= 0.3 is 0 Å². The van der Waals surface area contributed by atoms with Crippen molar-refractivity contribution in [2.45, 2.75) is 6.42 Å². The Hall–Kier alpha value is -1.13. The molecule has 1 atom stereocenters. The van der Waals surface area contributed by atoms with E-state index in [-0.39, 0.29) is 0 Å². The van der Waals surface area contributed by atoms with Crippen molar-refractivity contribution in [3.05, 3.63) is 24.3 Å². The first-order chi connectivity index (χ1) is 8.34. The third-order valence-corrected chi connectivity index (χ3v) is 4.23. The van der Waals surface area contributed by atoms with Gasteiger partial charge < -0.3 is 10.2 Å². The van der Waals surface area contributed by atoms with Crippen LogP contribution in [-0.4, -0.2) is 31.1 Å². The molecule has 0 aliphatic carbocycles. The molecule has 1 aromatic carbocycles. The number of hydrogen-bond acceptors (Lipinski definition) is 4. The fraction of sp³-hybridized carbons (Fsp3) is 0.462. The summed E-state index contributed by atoms with van der Waals surface area (Å²) in [7, 11) is 2.15. The van der Waals surface area contributed by atoms with Gasteiger partial charge in [0.1, 0.15) is 5.82 Å². The van der Waals surface area contributed by atoms with Gasteiger partial charge in [-0.05, 0) is 49.1 Å². The fourth-order valence-electron chi connectivity index (χ4n) is 2.49. The summed E-state index contributed by atoms with van der Waals surface area (Å²) in [4.78, 5) is 2.30. The maximum Gasteiger partial charge on any atom is 0.149 e. The lowest BCUT2D eigenvalue weighted by Gasteiger charge is -2.20. The van der Waals surface area contributed by atoms with Gasteiger partial charge in [0.2, 0.25) is 0 Å². The van der Waals surface area contributed by atoms with Gasteiger partial charge in [0.05, 0.1) is 4.70 Å². The van der Waals surface area contributed by atoms with Crippen LogP contribution in [0.4, 0.5) is 5.82 Å². The SMILES string of the molecule is CN(C[C@H]1CCNC1)c1nsc2ccccc12. The van der Waals surface area contributed by atoms with E-state index in [4.69, 9.17) is 0 Å². The van der Waals surface area contributed by atoms with E-state index in [9.17, 15) is 0 Å². The topological polar surface area (TPSA) is 28.2 Å². The maximum atomic E-state index is 4.58. The molecule has 1 saturated heterocycles. The van der Waals surface area contributed by atoms with Crippen molar-refractivity contribution in [1.82, 2.24) is 9.69 Å². The van der Waals surface area contributed by atoms with Crippen molar-refractivity contribution < 1.29 is 0 Å². The summed E-state index contributed by atoms with van der Waals surface area (Å²) < 4.78 is 5.86. The number of rotatable bonds is 3. The lowest BCUT2D eigenvalue weighted by molar-refractivity contribution is 0.577. The Balaban J connectivity index is 1.82. The van der Waals surface area contributed by atoms with Crippen LogP contribution >= 0.6 is 11.5 Å². The predicted molar refractivity (Wildman–Crippen MR) is 73.9 cm³/mol. The van der Waals surface area contributed by atoms with Gasteiger partial charge in [-0.3, -0.25) is 0 Å². The van der Waals surface area contributed by atoms with Crippen molar-refractivity contribution >= 4 is 27.4 Å². The molecule has 2 aromatic rings. The highest BCUT2D eigenvalue weighted by molar-refractivity contribution is 7.13. The largest absolute Gasteiger partial charge is 0.358 e. The average molecular weight is 247 g/mol. The second-order valence-corrected chi connectivity index (χ2v) is 5.55. The molecule has 0 amide bonds. The number of anilines is 1. The van der Waals surface area contributed by atoms with Crippen LogP contribution in [0, 0.1) is 5.92 Å². The zero-order valence-corrected chi connectivity index (χ0v) is 10.8. The van der Waals surface area contributed by atoms with E-state index in [1.54, 1.807) is 11.5 Å². The summed E-state index contributed by atoms with van der Waals surface area (Å²) in [5, 5.41) is 4.70. The number of aromatic nitrogens is 1. The fourth-order valence-corrected chi connectivity index (χ4v) is 3.31. The molecule has 1 aliphatic rings. The second-order valence-electron chi connectivity index (χ2n) is 4.74. The maximum absolute atomic E-state index is 4.58. The molecule has 0 saturated carbocycles. The number of hydrogen-bond donors (Lipinski definition) is 1. The number of nitrogens with zero attached hydrogens (tertiary/aromatic N) is 2. The summed E-state index contributed by atoms with van der Waals surface area (Å²) in [5.41, 5.74) is 0.